The molecule has 0 saturated heterocycles. The largest absolute Gasteiger partial charge is 0.496 e. The maximum atomic E-state index is 11.9. The minimum atomic E-state index is -0.00341. The lowest BCUT2D eigenvalue weighted by Crippen LogP contribution is -2.37. The van der Waals surface area contributed by atoms with Crippen LogP contribution in [0.15, 0.2) is 11.4 Å². The monoisotopic (exact) mass is 273 g/mol. The molecule has 1 fully saturated rings. The summed E-state index contributed by atoms with van der Waals surface area (Å²) < 4.78 is 5.06. The molecule has 1 aliphatic carbocycles. The molecule has 1 aliphatic rings. The number of ether oxygens (including phenoxy) is 1. The van der Waals surface area contributed by atoms with Gasteiger partial charge in [-0.1, -0.05) is 0 Å². The Hall–Kier alpha value is -0.740. The number of amides is 1. The number of carbonyl (C=O) groups excluding carboxylic acids is 1. The van der Waals surface area contributed by atoms with Crippen molar-refractivity contribution in [3.05, 3.63) is 16.3 Å². The van der Waals surface area contributed by atoms with Gasteiger partial charge < -0.3 is 10.1 Å². The molecule has 1 amide bonds. The summed E-state index contributed by atoms with van der Waals surface area (Å²) in [4.78, 5) is 12.6. The third kappa shape index (κ3) is 3.36. The molecule has 1 heterocycles. The van der Waals surface area contributed by atoms with Gasteiger partial charge in [0.05, 0.1) is 12.0 Å². The Balaban J connectivity index is 1.88. The van der Waals surface area contributed by atoms with E-state index in [2.05, 4.69) is 5.32 Å². The van der Waals surface area contributed by atoms with Crippen molar-refractivity contribution in [3.8, 4) is 5.75 Å². The second-order valence-corrected chi connectivity index (χ2v) is 5.80. The van der Waals surface area contributed by atoms with Crippen molar-refractivity contribution < 1.29 is 9.53 Å². The second-order valence-electron chi connectivity index (χ2n) is 4.27. The first-order chi connectivity index (χ1) is 8.19. The van der Waals surface area contributed by atoms with Crippen molar-refractivity contribution in [2.75, 3.05) is 7.11 Å². The summed E-state index contributed by atoms with van der Waals surface area (Å²) in [5, 5.41) is 5.17. The molecule has 1 N–H and O–H groups in total. The van der Waals surface area contributed by atoms with Crippen molar-refractivity contribution >= 4 is 28.8 Å². The number of nitrogens with one attached hydrogen (secondary N) is 1. The summed E-state index contributed by atoms with van der Waals surface area (Å²) in [5.74, 6) is 0.737. The van der Waals surface area contributed by atoms with Crippen LogP contribution in [-0.2, 0) is 0 Å². The van der Waals surface area contributed by atoms with Gasteiger partial charge in [0.25, 0.3) is 5.91 Å². The minimum absolute atomic E-state index is 0.00341. The van der Waals surface area contributed by atoms with Crippen LogP contribution in [0.25, 0.3) is 0 Å². The van der Waals surface area contributed by atoms with Gasteiger partial charge in [0, 0.05) is 22.9 Å². The summed E-state index contributed by atoms with van der Waals surface area (Å²) in [6.07, 6.45) is 3.92. The van der Waals surface area contributed by atoms with E-state index in [1.807, 2.05) is 5.38 Å². The topological polar surface area (TPSA) is 38.3 Å². The summed E-state index contributed by atoms with van der Waals surface area (Å²) in [6, 6.07) is 2.04. The molecule has 0 bridgehead atoms. The van der Waals surface area contributed by atoms with Crippen molar-refractivity contribution in [1.82, 2.24) is 5.32 Å². The molecule has 1 saturated carbocycles. The highest BCUT2D eigenvalue weighted by atomic mass is 35.5. The number of carbonyl (C=O) groups is 1. The van der Waals surface area contributed by atoms with Crippen LogP contribution in [0, 0.1) is 0 Å². The van der Waals surface area contributed by atoms with Crippen molar-refractivity contribution in [1.29, 1.82) is 0 Å². The van der Waals surface area contributed by atoms with Crippen LogP contribution in [0.4, 0.5) is 0 Å². The van der Waals surface area contributed by atoms with E-state index in [-0.39, 0.29) is 17.3 Å². The first kappa shape index (κ1) is 12.7. The highest BCUT2D eigenvalue weighted by Gasteiger charge is 2.21. The third-order valence-electron chi connectivity index (χ3n) is 3.03. The average molecular weight is 274 g/mol. The minimum Gasteiger partial charge on any atom is -0.496 e. The molecule has 1 aromatic heterocycles. The highest BCUT2D eigenvalue weighted by molar-refractivity contribution is 7.12. The fourth-order valence-corrected chi connectivity index (χ4v) is 3.01. The molecule has 0 unspecified atom stereocenters. The average Bonchev–Trinajstić information content (AvgIpc) is 2.81. The summed E-state index contributed by atoms with van der Waals surface area (Å²) in [5.41, 5.74) is 0. The van der Waals surface area contributed by atoms with E-state index < -0.39 is 0 Å². The van der Waals surface area contributed by atoms with E-state index in [0.717, 1.165) is 31.4 Å². The lowest BCUT2D eigenvalue weighted by molar-refractivity contribution is 0.0932. The molecule has 0 atom stereocenters. The maximum Gasteiger partial charge on any atom is 0.261 e. The van der Waals surface area contributed by atoms with Crippen LogP contribution in [-0.4, -0.2) is 24.4 Å². The maximum absolute atomic E-state index is 11.9. The molecule has 2 rings (SSSR count). The number of methoxy groups -OCH3 is 1. The zero-order valence-corrected chi connectivity index (χ0v) is 11.3. The Bertz CT molecular complexity index is 386. The summed E-state index contributed by atoms with van der Waals surface area (Å²) >= 11 is 7.44. The van der Waals surface area contributed by atoms with E-state index in [0.29, 0.717) is 4.88 Å². The molecule has 5 heteroatoms. The van der Waals surface area contributed by atoms with Gasteiger partial charge in [0.1, 0.15) is 5.75 Å². The van der Waals surface area contributed by atoms with Gasteiger partial charge in [-0.3, -0.25) is 4.79 Å². The van der Waals surface area contributed by atoms with Crippen LogP contribution in [0.1, 0.15) is 35.4 Å². The second kappa shape index (κ2) is 5.74. The number of hydrogen-bond donors (Lipinski definition) is 1. The predicted octanol–water partition coefficient (Wildman–Crippen LogP) is 3.04. The zero-order valence-electron chi connectivity index (χ0n) is 9.74. The van der Waals surface area contributed by atoms with Crippen LogP contribution in [0.2, 0.25) is 0 Å². The van der Waals surface area contributed by atoms with E-state index in [1.54, 1.807) is 13.2 Å². The number of halogens is 1. The quantitative estimate of drug-likeness (QED) is 0.860. The van der Waals surface area contributed by atoms with Crippen LogP contribution in [0.3, 0.4) is 0 Å². The highest BCUT2D eigenvalue weighted by Crippen LogP contribution is 2.24. The third-order valence-corrected chi connectivity index (χ3v) is 4.37. The molecular weight excluding hydrogens is 258 g/mol. The van der Waals surface area contributed by atoms with Crippen molar-refractivity contribution in [3.63, 3.8) is 0 Å². The lowest BCUT2D eigenvalue weighted by Gasteiger charge is -2.25. The lowest BCUT2D eigenvalue weighted by atomic mass is 9.95. The Morgan fingerprint density at radius 2 is 2.18 bits per heavy atom. The molecular formula is C12H16ClNO2S. The predicted molar refractivity (Wildman–Crippen MR) is 70.2 cm³/mol. The molecule has 0 aliphatic heterocycles. The van der Waals surface area contributed by atoms with Gasteiger partial charge in [-0.15, -0.1) is 22.9 Å². The molecule has 0 radical (unpaired) electrons. The van der Waals surface area contributed by atoms with Crippen LogP contribution >= 0.6 is 22.9 Å². The van der Waals surface area contributed by atoms with Crippen LogP contribution < -0.4 is 10.1 Å². The van der Waals surface area contributed by atoms with Gasteiger partial charge in [0.15, 0.2) is 0 Å². The fraction of sp³-hybridized carbons (Fsp3) is 0.583. The molecule has 1 aromatic rings. The first-order valence-electron chi connectivity index (χ1n) is 5.76. The Labute approximate surface area is 110 Å². The first-order valence-corrected chi connectivity index (χ1v) is 7.08. The number of thiophene rings is 1. The smallest absolute Gasteiger partial charge is 0.261 e. The van der Waals surface area contributed by atoms with Gasteiger partial charge in [-0.2, -0.15) is 0 Å². The van der Waals surface area contributed by atoms with E-state index in [9.17, 15) is 4.79 Å². The van der Waals surface area contributed by atoms with Gasteiger partial charge in [-0.05, 0) is 25.7 Å². The number of hydrogen-bond acceptors (Lipinski definition) is 3. The molecule has 0 aromatic carbocycles. The standard InChI is InChI=1S/C12H16ClNO2S/c1-16-10-6-11(17-7-10)12(15)14-9-4-2-8(13)3-5-9/h6-9H,2-5H2,1H3,(H,14,15). The molecule has 94 valence electrons. The van der Waals surface area contributed by atoms with Crippen molar-refractivity contribution in [2.45, 2.75) is 37.1 Å². The number of rotatable bonds is 3. The zero-order chi connectivity index (χ0) is 12.3. The SMILES string of the molecule is COc1csc(C(=O)NC2CCC(Cl)CC2)c1. The normalized spacial score (nSPS) is 24.4. The summed E-state index contributed by atoms with van der Waals surface area (Å²) in [6.45, 7) is 0. The van der Waals surface area contributed by atoms with E-state index in [1.165, 1.54) is 11.3 Å². The molecule has 17 heavy (non-hydrogen) atoms. The summed E-state index contributed by atoms with van der Waals surface area (Å²) in [7, 11) is 1.60. The van der Waals surface area contributed by atoms with Crippen LogP contribution in [0.5, 0.6) is 5.75 Å². The van der Waals surface area contributed by atoms with E-state index >= 15 is 0 Å². The molecule has 0 spiro atoms. The van der Waals surface area contributed by atoms with E-state index in [4.69, 9.17) is 16.3 Å². The van der Waals surface area contributed by atoms with Crippen molar-refractivity contribution in [2.24, 2.45) is 0 Å². The fourth-order valence-electron chi connectivity index (χ4n) is 2.00. The Morgan fingerprint density at radius 3 is 2.76 bits per heavy atom. The van der Waals surface area contributed by atoms with Gasteiger partial charge >= 0.3 is 0 Å². The van der Waals surface area contributed by atoms with Gasteiger partial charge in [0.2, 0.25) is 0 Å². The molecule has 3 nitrogen and oxygen atoms in total. The van der Waals surface area contributed by atoms with Gasteiger partial charge in [-0.25, -0.2) is 0 Å². The Morgan fingerprint density at radius 1 is 1.47 bits per heavy atom. The number of alkyl halides is 1. The Kier molecular flexibility index (Phi) is 4.29.